The van der Waals surface area contributed by atoms with E-state index >= 15 is 0 Å². The largest absolute Gasteiger partial charge is 0.467 e. The van der Waals surface area contributed by atoms with Crippen LogP contribution >= 0.6 is 0 Å². The highest BCUT2D eigenvalue weighted by atomic mass is 16.5. The van der Waals surface area contributed by atoms with E-state index in [0.717, 1.165) is 33.4 Å². The van der Waals surface area contributed by atoms with Crippen molar-refractivity contribution in [3.63, 3.8) is 0 Å². The van der Waals surface area contributed by atoms with Crippen LogP contribution in [0.15, 0.2) is 85.1 Å². The van der Waals surface area contributed by atoms with Crippen LogP contribution in [0.3, 0.4) is 0 Å². The van der Waals surface area contributed by atoms with E-state index in [9.17, 15) is 9.59 Å². The van der Waals surface area contributed by atoms with Gasteiger partial charge in [0.1, 0.15) is 11.7 Å². The topological polar surface area (TPSA) is 73.2 Å². The lowest BCUT2D eigenvalue weighted by molar-refractivity contribution is -0.144. The van der Waals surface area contributed by atoms with Crippen molar-refractivity contribution in [1.29, 1.82) is 0 Å². The lowest BCUT2D eigenvalue weighted by Gasteiger charge is -2.15. The summed E-state index contributed by atoms with van der Waals surface area (Å²) in [7, 11) is 3.28. The van der Waals surface area contributed by atoms with Crippen molar-refractivity contribution in [2.75, 3.05) is 7.11 Å². The molecule has 2 aromatic heterocycles. The zero-order valence-electron chi connectivity index (χ0n) is 18.6. The molecule has 0 fully saturated rings. The molecule has 1 amide bonds. The first-order valence-electron chi connectivity index (χ1n) is 10.7. The molecule has 0 aliphatic carbocycles. The predicted octanol–water partition coefficient (Wildman–Crippen LogP) is 4.15. The van der Waals surface area contributed by atoms with Gasteiger partial charge in [-0.15, -0.1) is 0 Å². The maximum Gasteiger partial charge on any atom is 0.328 e. The molecule has 4 rings (SSSR count). The van der Waals surface area contributed by atoms with E-state index in [2.05, 4.69) is 10.3 Å². The number of aromatic nitrogens is 2. The Morgan fingerprint density at radius 2 is 1.73 bits per heavy atom. The maximum absolute atomic E-state index is 12.8. The van der Waals surface area contributed by atoms with Crippen LogP contribution in [0.1, 0.15) is 11.1 Å². The highest BCUT2D eigenvalue weighted by Gasteiger charge is 2.21. The van der Waals surface area contributed by atoms with Gasteiger partial charge in [0.05, 0.1) is 12.8 Å². The van der Waals surface area contributed by atoms with Crippen molar-refractivity contribution >= 4 is 29.0 Å². The quantitative estimate of drug-likeness (QED) is 0.347. The second kappa shape index (κ2) is 9.96. The van der Waals surface area contributed by atoms with Gasteiger partial charge in [-0.3, -0.25) is 4.79 Å². The Hall–Kier alpha value is -4.19. The average molecular weight is 440 g/mol. The number of benzene rings is 2. The number of ether oxygens (including phenoxy) is 1. The van der Waals surface area contributed by atoms with Crippen LogP contribution < -0.4 is 5.32 Å². The summed E-state index contributed by atoms with van der Waals surface area (Å²) in [6.45, 7) is 0. The molecule has 0 radical (unpaired) electrons. The number of carbonyl (C=O) groups is 2. The lowest BCUT2D eigenvalue weighted by atomic mass is 10.0. The maximum atomic E-state index is 12.8. The SMILES string of the molecule is COC(=O)[C@H](Cc1ccccc1)NC(=O)/C=C/c1c(-c2ccccc2)n(C)c2ncccc12. The van der Waals surface area contributed by atoms with Crippen LogP contribution in [-0.4, -0.2) is 34.6 Å². The molecule has 166 valence electrons. The van der Waals surface area contributed by atoms with Gasteiger partial charge in [-0.25, -0.2) is 9.78 Å². The molecule has 0 saturated heterocycles. The Balaban J connectivity index is 1.63. The molecule has 2 heterocycles. The molecule has 0 aliphatic heterocycles. The Morgan fingerprint density at radius 1 is 1.03 bits per heavy atom. The minimum Gasteiger partial charge on any atom is -0.467 e. The number of esters is 1. The number of pyridine rings is 1. The molecule has 0 spiro atoms. The number of nitrogens with zero attached hydrogens (tertiary/aromatic N) is 2. The minimum atomic E-state index is -0.780. The van der Waals surface area contributed by atoms with Gasteiger partial charge in [-0.05, 0) is 29.3 Å². The van der Waals surface area contributed by atoms with Crippen LogP contribution in [0.25, 0.3) is 28.4 Å². The van der Waals surface area contributed by atoms with Crippen molar-refractivity contribution in [1.82, 2.24) is 14.9 Å². The molecule has 0 aliphatic rings. The summed E-state index contributed by atoms with van der Waals surface area (Å²) in [6.07, 6.45) is 5.33. The number of hydrogen-bond donors (Lipinski definition) is 1. The van der Waals surface area contributed by atoms with E-state index in [1.54, 1.807) is 12.3 Å². The van der Waals surface area contributed by atoms with E-state index < -0.39 is 12.0 Å². The number of carbonyl (C=O) groups excluding carboxylic acids is 2. The van der Waals surface area contributed by atoms with Crippen LogP contribution in [0.4, 0.5) is 0 Å². The van der Waals surface area contributed by atoms with E-state index in [1.807, 2.05) is 84.4 Å². The van der Waals surface area contributed by atoms with E-state index in [-0.39, 0.29) is 5.91 Å². The summed E-state index contributed by atoms with van der Waals surface area (Å²) in [6, 6.07) is 22.6. The van der Waals surface area contributed by atoms with Crippen molar-refractivity contribution in [3.8, 4) is 11.3 Å². The zero-order valence-corrected chi connectivity index (χ0v) is 18.6. The van der Waals surface area contributed by atoms with Gasteiger partial charge in [0.15, 0.2) is 0 Å². The fraction of sp³-hybridized carbons (Fsp3) is 0.148. The summed E-state index contributed by atoms with van der Waals surface area (Å²) in [5.41, 5.74) is 4.63. The summed E-state index contributed by atoms with van der Waals surface area (Å²) in [5, 5.41) is 3.72. The number of methoxy groups -OCH3 is 1. The Morgan fingerprint density at radius 3 is 2.42 bits per heavy atom. The Labute approximate surface area is 192 Å². The number of aryl methyl sites for hydroxylation is 1. The Kier molecular flexibility index (Phi) is 6.64. The number of rotatable bonds is 7. The van der Waals surface area contributed by atoms with Crippen LogP contribution in [0.2, 0.25) is 0 Å². The predicted molar refractivity (Wildman–Crippen MR) is 129 cm³/mol. The Bertz CT molecular complexity index is 1290. The van der Waals surface area contributed by atoms with Crippen molar-refractivity contribution in [2.45, 2.75) is 12.5 Å². The first-order valence-corrected chi connectivity index (χ1v) is 10.7. The van der Waals surface area contributed by atoms with Gasteiger partial charge in [0.25, 0.3) is 0 Å². The van der Waals surface area contributed by atoms with E-state index in [1.165, 1.54) is 13.2 Å². The third kappa shape index (κ3) is 4.85. The zero-order chi connectivity index (χ0) is 23.2. The van der Waals surface area contributed by atoms with Gasteiger partial charge < -0.3 is 14.6 Å². The third-order valence-electron chi connectivity index (χ3n) is 5.52. The fourth-order valence-corrected chi connectivity index (χ4v) is 3.97. The second-order valence-electron chi connectivity index (χ2n) is 7.67. The van der Waals surface area contributed by atoms with Gasteiger partial charge in [0, 0.05) is 36.7 Å². The van der Waals surface area contributed by atoms with Crippen molar-refractivity contribution < 1.29 is 14.3 Å². The van der Waals surface area contributed by atoms with Crippen LogP contribution in [-0.2, 0) is 27.8 Å². The van der Waals surface area contributed by atoms with Gasteiger partial charge in [0.2, 0.25) is 5.91 Å². The molecule has 6 heteroatoms. The second-order valence-corrected chi connectivity index (χ2v) is 7.67. The molecule has 1 N–H and O–H groups in total. The van der Waals surface area contributed by atoms with Crippen molar-refractivity contribution in [2.24, 2.45) is 7.05 Å². The molecule has 4 aromatic rings. The third-order valence-corrected chi connectivity index (χ3v) is 5.52. The van der Waals surface area contributed by atoms with E-state index in [0.29, 0.717) is 6.42 Å². The smallest absolute Gasteiger partial charge is 0.328 e. The molecule has 2 aromatic carbocycles. The molecular weight excluding hydrogens is 414 g/mol. The van der Waals surface area contributed by atoms with Crippen LogP contribution in [0, 0.1) is 0 Å². The molecular formula is C27H25N3O3. The number of fused-ring (bicyclic) bond motifs is 1. The summed E-state index contributed by atoms with van der Waals surface area (Å²) < 4.78 is 6.92. The molecule has 0 saturated carbocycles. The summed E-state index contributed by atoms with van der Waals surface area (Å²) in [4.78, 5) is 29.6. The van der Waals surface area contributed by atoms with E-state index in [4.69, 9.17) is 4.74 Å². The molecule has 0 unspecified atom stereocenters. The molecule has 1 atom stereocenters. The lowest BCUT2D eigenvalue weighted by Crippen LogP contribution is -2.42. The molecule has 0 bridgehead atoms. The first kappa shape index (κ1) is 22.0. The summed E-state index contributed by atoms with van der Waals surface area (Å²) >= 11 is 0. The molecule has 6 nitrogen and oxygen atoms in total. The van der Waals surface area contributed by atoms with Crippen molar-refractivity contribution in [3.05, 3.63) is 96.2 Å². The first-order chi connectivity index (χ1) is 16.1. The number of amides is 1. The highest BCUT2D eigenvalue weighted by molar-refractivity contribution is 6.01. The number of hydrogen-bond acceptors (Lipinski definition) is 4. The van der Waals surface area contributed by atoms with Gasteiger partial charge >= 0.3 is 5.97 Å². The van der Waals surface area contributed by atoms with Gasteiger partial charge in [-0.2, -0.15) is 0 Å². The minimum absolute atomic E-state index is 0.348. The summed E-state index contributed by atoms with van der Waals surface area (Å²) in [5.74, 6) is -0.860. The fourth-order valence-electron chi connectivity index (χ4n) is 3.97. The monoisotopic (exact) mass is 439 g/mol. The average Bonchev–Trinajstić information content (AvgIpc) is 3.14. The van der Waals surface area contributed by atoms with Gasteiger partial charge in [-0.1, -0.05) is 60.7 Å². The highest BCUT2D eigenvalue weighted by Crippen LogP contribution is 2.32. The molecule has 33 heavy (non-hydrogen) atoms. The standard InChI is InChI=1S/C27H25N3O3/c1-30-25(20-12-7-4-8-13-20)21(22-14-9-17-28-26(22)30)15-16-24(31)29-23(27(32)33-2)18-19-10-5-3-6-11-19/h3-17,23H,18H2,1-2H3,(H,29,31)/b16-15+/t23-/m0/s1. The van der Waals surface area contributed by atoms with Crippen LogP contribution in [0.5, 0.6) is 0 Å². The normalized spacial score (nSPS) is 12.1. The number of nitrogens with one attached hydrogen (secondary N) is 1.